The van der Waals surface area contributed by atoms with E-state index in [0.29, 0.717) is 19.4 Å². The maximum atomic E-state index is 12.2. The fraction of sp³-hybridized carbons (Fsp3) is 0.500. The molecule has 0 fully saturated rings. The van der Waals surface area contributed by atoms with Crippen molar-refractivity contribution in [2.24, 2.45) is 0 Å². The molecule has 24 heavy (non-hydrogen) atoms. The molecule has 6 heteroatoms. The highest BCUT2D eigenvalue weighted by molar-refractivity contribution is 5.76. The average molecular weight is 327 g/mol. The first-order valence-corrected chi connectivity index (χ1v) is 8.50. The van der Waals surface area contributed by atoms with Gasteiger partial charge < -0.3 is 10.6 Å². The lowest BCUT2D eigenvalue weighted by Crippen LogP contribution is -2.29. The van der Waals surface area contributed by atoms with Crippen LogP contribution < -0.4 is 10.6 Å². The topological polar surface area (TPSA) is 82.7 Å². The number of pyridine rings is 1. The van der Waals surface area contributed by atoms with Crippen LogP contribution in [0.5, 0.6) is 0 Å². The van der Waals surface area contributed by atoms with Gasteiger partial charge in [-0.15, -0.1) is 0 Å². The van der Waals surface area contributed by atoms with Gasteiger partial charge in [-0.1, -0.05) is 0 Å². The number of aryl methyl sites for hydroxylation is 3. The van der Waals surface area contributed by atoms with Crippen molar-refractivity contribution in [1.29, 1.82) is 0 Å². The van der Waals surface area contributed by atoms with Crippen LogP contribution in [0.2, 0.25) is 0 Å². The predicted molar refractivity (Wildman–Crippen MR) is 92.6 cm³/mol. The number of carbonyl (C=O) groups excluding carboxylic acids is 1. The summed E-state index contributed by atoms with van der Waals surface area (Å²) < 4.78 is 0. The Morgan fingerprint density at radius 3 is 2.92 bits per heavy atom. The molecule has 0 saturated heterocycles. The fourth-order valence-electron chi connectivity index (χ4n) is 3.16. The minimum absolute atomic E-state index is 0.0565. The summed E-state index contributed by atoms with van der Waals surface area (Å²) in [7, 11) is 0. The fourth-order valence-corrected chi connectivity index (χ4v) is 3.16. The second-order valence-electron chi connectivity index (χ2n) is 6.45. The van der Waals surface area contributed by atoms with Gasteiger partial charge in [0.2, 0.25) is 5.91 Å². The molecular weight excluding hydrogens is 302 g/mol. The van der Waals surface area contributed by atoms with Crippen LogP contribution in [0, 0.1) is 20.8 Å². The molecule has 2 aromatic heterocycles. The van der Waals surface area contributed by atoms with Crippen molar-refractivity contribution in [2.45, 2.75) is 53.1 Å². The van der Waals surface area contributed by atoms with Gasteiger partial charge in [-0.2, -0.15) is 5.10 Å². The third kappa shape index (κ3) is 3.48. The summed E-state index contributed by atoms with van der Waals surface area (Å²) in [4.78, 5) is 16.7. The summed E-state index contributed by atoms with van der Waals surface area (Å²) in [5, 5.41) is 13.6. The zero-order valence-corrected chi connectivity index (χ0v) is 14.6. The maximum Gasteiger partial charge on any atom is 0.220 e. The van der Waals surface area contributed by atoms with Gasteiger partial charge in [0.1, 0.15) is 0 Å². The van der Waals surface area contributed by atoms with E-state index in [2.05, 4.69) is 25.8 Å². The highest BCUT2D eigenvalue weighted by Crippen LogP contribution is 2.20. The van der Waals surface area contributed by atoms with Gasteiger partial charge in [0.25, 0.3) is 0 Å². The summed E-state index contributed by atoms with van der Waals surface area (Å²) in [6, 6.07) is 0. The molecule has 0 spiro atoms. The van der Waals surface area contributed by atoms with E-state index >= 15 is 0 Å². The van der Waals surface area contributed by atoms with Crippen molar-refractivity contribution in [3.05, 3.63) is 45.5 Å². The summed E-state index contributed by atoms with van der Waals surface area (Å²) in [5.74, 6) is 0.0565. The molecule has 3 rings (SSSR count). The number of nitrogens with one attached hydrogen (secondary N) is 3. The molecule has 0 radical (unpaired) electrons. The molecule has 0 aliphatic carbocycles. The quantitative estimate of drug-likeness (QED) is 0.779. The molecule has 0 atom stereocenters. The van der Waals surface area contributed by atoms with Crippen LogP contribution in [-0.4, -0.2) is 27.6 Å². The number of fused-ring (bicyclic) bond motifs is 1. The minimum Gasteiger partial charge on any atom is -0.352 e. The lowest BCUT2D eigenvalue weighted by molar-refractivity contribution is -0.121. The zero-order valence-electron chi connectivity index (χ0n) is 14.6. The van der Waals surface area contributed by atoms with Gasteiger partial charge in [0.05, 0.1) is 5.69 Å². The van der Waals surface area contributed by atoms with Crippen molar-refractivity contribution < 1.29 is 4.79 Å². The standard InChI is InChI=1S/C18H25N5O/c1-11-12(2)22-23-17(11)4-5-18(24)21-10-16-13(3)20-9-14-8-19-7-6-15(14)16/h9,19H,4-8,10H2,1-3H3,(H,21,24)(H,22,23). The summed E-state index contributed by atoms with van der Waals surface area (Å²) in [6.45, 7) is 8.44. The third-order valence-electron chi connectivity index (χ3n) is 4.88. The number of rotatable bonds is 5. The van der Waals surface area contributed by atoms with Gasteiger partial charge in [0, 0.05) is 43.5 Å². The molecule has 0 bridgehead atoms. The number of hydrogen-bond acceptors (Lipinski definition) is 4. The Morgan fingerprint density at radius 1 is 1.33 bits per heavy atom. The average Bonchev–Trinajstić information content (AvgIpc) is 2.91. The van der Waals surface area contributed by atoms with Crippen molar-refractivity contribution in [1.82, 2.24) is 25.8 Å². The van der Waals surface area contributed by atoms with Crippen LogP contribution in [0.15, 0.2) is 6.20 Å². The van der Waals surface area contributed by atoms with E-state index in [1.165, 1.54) is 16.7 Å². The Balaban J connectivity index is 1.59. The van der Waals surface area contributed by atoms with Crippen LogP contribution in [0.25, 0.3) is 0 Å². The number of amides is 1. The first-order chi connectivity index (χ1) is 11.6. The van der Waals surface area contributed by atoms with E-state index in [0.717, 1.165) is 42.2 Å². The second-order valence-corrected chi connectivity index (χ2v) is 6.45. The summed E-state index contributed by atoms with van der Waals surface area (Å²) in [6.07, 6.45) is 4.06. The van der Waals surface area contributed by atoms with Gasteiger partial charge >= 0.3 is 0 Å². The van der Waals surface area contributed by atoms with Crippen molar-refractivity contribution in [2.75, 3.05) is 6.54 Å². The van der Waals surface area contributed by atoms with Crippen LogP contribution in [0.1, 0.15) is 45.8 Å². The van der Waals surface area contributed by atoms with Crippen LogP contribution in [-0.2, 0) is 30.7 Å². The van der Waals surface area contributed by atoms with E-state index in [1.54, 1.807) is 0 Å². The summed E-state index contributed by atoms with van der Waals surface area (Å²) >= 11 is 0. The largest absolute Gasteiger partial charge is 0.352 e. The second kappa shape index (κ2) is 7.13. The monoisotopic (exact) mass is 327 g/mol. The molecule has 3 N–H and O–H groups in total. The Hall–Kier alpha value is -2.21. The Morgan fingerprint density at radius 2 is 2.17 bits per heavy atom. The molecule has 0 saturated carbocycles. The zero-order chi connectivity index (χ0) is 17.1. The third-order valence-corrected chi connectivity index (χ3v) is 4.88. The van der Waals surface area contributed by atoms with Crippen LogP contribution in [0.3, 0.4) is 0 Å². The summed E-state index contributed by atoms with van der Waals surface area (Å²) in [5.41, 5.74) is 7.97. The van der Waals surface area contributed by atoms with Gasteiger partial charge in [0.15, 0.2) is 0 Å². The number of hydrogen-bond donors (Lipinski definition) is 3. The molecule has 0 aromatic carbocycles. The Labute approximate surface area is 142 Å². The lowest BCUT2D eigenvalue weighted by Gasteiger charge is -2.21. The smallest absolute Gasteiger partial charge is 0.220 e. The van der Waals surface area contributed by atoms with Crippen LogP contribution >= 0.6 is 0 Å². The Kier molecular flexibility index (Phi) is 4.94. The van der Waals surface area contributed by atoms with E-state index in [4.69, 9.17) is 0 Å². The van der Waals surface area contributed by atoms with Gasteiger partial charge in [-0.3, -0.25) is 14.9 Å². The maximum absolute atomic E-state index is 12.2. The molecule has 1 aliphatic rings. The molecule has 2 aromatic rings. The number of nitrogens with zero attached hydrogens (tertiary/aromatic N) is 2. The predicted octanol–water partition coefficient (Wildman–Crippen LogP) is 1.62. The van der Waals surface area contributed by atoms with E-state index in [-0.39, 0.29) is 5.91 Å². The van der Waals surface area contributed by atoms with E-state index in [9.17, 15) is 4.79 Å². The highest BCUT2D eigenvalue weighted by atomic mass is 16.1. The SMILES string of the molecule is Cc1ncc2c(c1CNC(=O)CCc1n[nH]c(C)c1C)CCNC2. The Bertz CT molecular complexity index is 750. The number of aromatic nitrogens is 3. The highest BCUT2D eigenvalue weighted by Gasteiger charge is 2.16. The normalized spacial score (nSPS) is 13.6. The van der Waals surface area contributed by atoms with Crippen molar-refractivity contribution >= 4 is 5.91 Å². The van der Waals surface area contributed by atoms with E-state index in [1.807, 2.05) is 27.0 Å². The molecule has 1 aliphatic heterocycles. The van der Waals surface area contributed by atoms with Crippen LogP contribution in [0.4, 0.5) is 0 Å². The lowest BCUT2D eigenvalue weighted by atomic mass is 9.96. The van der Waals surface area contributed by atoms with Gasteiger partial charge in [-0.05, 0) is 56.0 Å². The number of aromatic amines is 1. The first-order valence-electron chi connectivity index (χ1n) is 8.50. The van der Waals surface area contributed by atoms with Crippen molar-refractivity contribution in [3.8, 4) is 0 Å². The minimum atomic E-state index is 0.0565. The molecular formula is C18H25N5O. The van der Waals surface area contributed by atoms with Crippen molar-refractivity contribution in [3.63, 3.8) is 0 Å². The van der Waals surface area contributed by atoms with Gasteiger partial charge in [-0.25, -0.2) is 0 Å². The van der Waals surface area contributed by atoms with E-state index < -0.39 is 0 Å². The molecule has 0 unspecified atom stereocenters. The number of carbonyl (C=O) groups is 1. The molecule has 6 nitrogen and oxygen atoms in total. The number of H-pyrrole nitrogens is 1. The molecule has 128 valence electrons. The molecule has 3 heterocycles. The first kappa shape index (κ1) is 16.6. The molecule has 1 amide bonds.